The number of ether oxygens (including phenoxy) is 10. The van der Waals surface area contributed by atoms with Crippen LogP contribution >= 0.6 is 0 Å². The summed E-state index contributed by atoms with van der Waals surface area (Å²) in [4.78, 5) is 75.2. The van der Waals surface area contributed by atoms with E-state index < -0.39 is 60.0 Å². The molecule has 0 saturated carbocycles. The summed E-state index contributed by atoms with van der Waals surface area (Å²) in [5.74, 6) is -5.65. The smallest absolute Gasteiger partial charge is 0.343 e. The van der Waals surface area contributed by atoms with Gasteiger partial charge in [0.15, 0.2) is 40.6 Å². The molecule has 0 aromatic heterocycles. The number of methoxy groups -OCH3 is 3. The van der Waals surface area contributed by atoms with E-state index in [-0.39, 0.29) is 81.3 Å². The first-order valence-corrected chi connectivity index (χ1v) is 17.9. The van der Waals surface area contributed by atoms with Gasteiger partial charge in [0.1, 0.15) is 11.9 Å². The molecule has 4 unspecified atom stereocenters. The van der Waals surface area contributed by atoms with Crippen LogP contribution in [0.2, 0.25) is 0 Å². The van der Waals surface area contributed by atoms with Crippen molar-refractivity contribution in [3.05, 3.63) is 126 Å². The summed E-state index contributed by atoms with van der Waals surface area (Å²) >= 11 is 0. The Kier molecular flexibility index (Phi) is 12.9. The summed E-state index contributed by atoms with van der Waals surface area (Å²) in [6.45, 7) is 6.51. The monoisotopic (exact) mass is 824 g/mol. The highest BCUT2D eigenvalue weighted by Crippen LogP contribution is 2.46. The molecule has 310 valence electrons. The lowest BCUT2D eigenvalue weighted by atomic mass is 9.88. The first-order valence-electron chi connectivity index (χ1n) is 17.9. The standard InChI is InChI=1S/C43H36O17/c1-6-34(44)56-25-12-8-22(9-13-25)41(48)59-30-17-14-26(40(46)47)36(38(30)53-5)27-20-54-39-33(21-55-37(27)39)60-43(50)24-11-16-29(32(19-24)52-4)58-42(49)23-10-15-28(31(18-23)51-3)57-35(45)7-2/h6-19,27,33,37,39H,1-2,20-21H2,3-5H3,(H,46,47). The van der Waals surface area contributed by atoms with Crippen molar-refractivity contribution in [3.8, 4) is 40.2 Å². The van der Waals surface area contributed by atoms with Crippen LogP contribution < -0.4 is 33.2 Å². The minimum absolute atomic E-state index is 0.0213. The van der Waals surface area contributed by atoms with Crippen LogP contribution in [0.3, 0.4) is 0 Å². The van der Waals surface area contributed by atoms with Crippen LogP contribution in [0.15, 0.2) is 98.1 Å². The number of fused-ring (bicyclic) bond motifs is 1. The lowest BCUT2D eigenvalue weighted by Crippen LogP contribution is -2.33. The maximum atomic E-state index is 13.4. The minimum atomic E-state index is -1.29. The van der Waals surface area contributed by atoms with Gasteiger partial charge < -0.3 is 52.5 Å². The fourth-order valence-corrected chi connectivity index (χ4v) is 6.49. The molecule has 4 aromatic rings. The van der Waals surface area contributed by atoms with Crippen molar-refractivity contribution in [2.45, 2.75) is 24.2 Å². The van der Waals surface area contributed by atoms with E-state index in [0.29, 0.717) is 0 Å². The van der Waals surface area contributed by atoms with Gasteiger partial charge in [-0.3, -0.25) is 0 Å². The van der Waals surface area contributed by atoms with Gasteiger partial charge >= 0.3 is 35.8 Å². The molecule has 1 N–H and O–H groups in total. The second-order valence-corrected chi connectivity index (χ2v) is 12.8. The van der Waals surface area contributed by atoms with Crippen LogP contribution in [-0.4, -0.2) is 93.8 Å². The Morgan fingerprint density at radius 3 is 1.73 bits per heavy atom. The zero-order valence-corrected chi connectivity index (χ0v) is 32.2. The molecule has 0 bridgehead atoms. The van der Waals surface area contributed by atoms with Crippen molar-refractivity contribution in [2.24, 2.45) is 0 Å². The summed E-state index contributed by atoms with van der Waals surface area (Å²) in [7, 11) is 3.93. The molecule has 0 amide bonds. The maximum absolute atomic E-state index is 13.4. The average molecular weight is 825 g/mol. The first kappa shape index (κ1) is 42.1. The molecular formula is C43H36O17. The maximum Gasteiger partial charge on any atom is 0.343 e. The molecule has 2 heterocycles. The third-order valence-electron chi connectivity index (χ3n) is 9.29. The number of carbonyl (C=O) groups excluding carboxylic acids is 5. The molecular weight excluding hydrogens is 788 g/mol. The fraction of sp³-hybridized carbons (Fsp3) is 0.209. The van der Waals surface area contributed by atoms with Gasteiger partial charge in [-0.25, -0.2) is 28.8 Å². The van der Waals surface area contributed by atoms with E-state index in [1.807, 2.05) is 0 Å². The molecule has 2 fully saturated rings. The summed E-state index contributed by atoms with van der Waals surface area (Å²) in [6, 6.07) is 16.2. The van der Waals surface area contributed by atoms with Gasteiger partial charge in [0, 0.05) is 23.6 Å². The molecule has 0 spiro atoms. The number of hydrogen-bond acceptors (Lipinski definition) is 16. The number of rotatable bonds is 15. The van der Waals surface area contributed by atoms with Crippen LogP contribution in [0.5, 0.6) is 40.2 Å². The molecule has 4 aromatic carbocycles. The predicted molar refractivity (Wildman–Crippen MR) is 205 cm³/mol. The minimum Gasteiger partial charge on any atom is -0.493 e. The Labute approximate surface area is 341 Å². The van der Waals surface area contributed by atoms with E-state index in [4.69, 9.17) is 47.4 Å². The molecule has 17 heteroatoms. The Bertz CT molecular complexity index is 2370. The summed E-state index contributed by atoms with van der Waals surface area (Å²) in [5, 5.41) is 10.2. The summed E-state index contributed by atoms with van der Waals surface area (Å²) in [5.41, 5.74) is 0.174. The Morgan fingerprint density at radius 2 is 1.13 bits per heavy atom. The highest BCUT2D eigenvalue weighted by atomic mass is 16.6. The van der Waals surface area contributed by atoms with Gasteiger partial charge in [0.2, 0.25) is 0 Å². The van der Waals surface area contributed by atoms with Gasteiger partial charge in [0.05, 0.1) is 62.9 Å². The normalized spacial score (nSPS) is 17.6. The lowest BCUT2D eigenvalue weighted by molar-refractivity contribution is -0.129. The quantitative estimate of drug-likeness (QED) is 0.0933. The number of carboxylic acids is 1. The molecule has 6 rings (SSSR count). The molecule has 2 saturated heterocycles. The summed E-state index contributed by atoms with van der Waals surface area (Å²) in [6.07, 6.45) is -0.579. The zero-order valence-electron chi connectivity index (χ0n) is 32.2. The number of carboxylic acid groups (broad SMARTS) is 1. The molecule has 0 aliphatic carbocycles. The number of hydrogen-bond donors (Lipinski definition) is 1. The topological polar surface area (TPSA) is 215 Å². The van der Waals surface area contributed by atoms with E-state index in [1.165, 1.54) is 94.1 Å². The third kappa shape index (κ3) is 8.96. The molecule has 4 atom stereocenters. The van der Waals surface area contributed by atoms with Gasteiger partial charge in [0.25, 0.3) is 0 Å². The largest absolute Gasteiger partial charge is 0.493 e. The third-order valence-corrected chi connectivity index (χ3v) is 9.29. The second kappa shape index (κ2) is 18.4. The Hall–Kier alpha value is -7.50. The SMILES string of the molecule is C=CC(=O)Oc1ccc(C(=O)Oc2ccc(C(=O)O)c(C3COC4C(OC(=O)c5ccc(OC(=O)c6ccc(OC(=O)C=C)c(OC)c6)c(OC)c5)COC34)c2OC)cc1. The van der Waals surface area contributed by atoms with Crippen LogP contribution in [-0.2, 0) is 23.8 Å². The number of carbonyl (C=O) groups is 6. The van der Waals surface area contributed by atoms with E-state index >= 15 is 0 Å². The van der Waals surface area contributed by atoms with Crippen LogP contribution in [0.1, 0.15) is 52.9 Å². The van der Waals surface area contributed by atoms with Crippen LogP contribution in [0.25, 0.3) is 0 Å². The van der Waals surface area contributed by atoms with Crippen molar-refractivity contribution >= 4 is 35.8 Å². The lowest BCUT2D eigenvalue weighted by Gasteiger charge is -2.22. The van der Waals surface area contributed by atoms with E-state index in [2.05, 4.69) is 13.2 Å². The Balaban J connectivity index is 1.14. The van der Waals surface area contributed by atoms with E-state index in [1.54, 1.807) is 0 Å². The van der Waals surface area contributed by atoms with Crippen molar-refractivity contribution in [3.63, 3.8) is 0 Å². The number of aromatic carboxylic acids is 1. The molecule has 60 heavy (non-hydrogen) atoms. The number of benzene rings is 4. The van der Waals surface area contributed by atoms with Crippen molar-refractivity contribution in [2.75, 3.05) is 34.5 Å². The van der Waals surface area contributed by atoms with Crippen LogP contribution in [0, 0.1) is 0 Å². The molecule has 17 nitrogen and oxygen atoms in total. The van der Waals surface area contributed by atoms with Crippen LogP contribution in [0.4, 0.5) is 0 Å². The fourth-order valence-electron chi connectivity index (χ4n) is 6.49. The first-order chi connectivity index (χ1) is 28.9. The van der Waals surface area contributed by atoms with E-state index in [0.717, 1.165) is 12.2 Å². The molecule has 0 radical (unpaired) electrons. The number of esters is 5. The van der Waals surface area contributed by atoms with Gasteiger partial charge in [-0.05, 0) is 72.8 Å². The second-order valence-electron chi connectivity index (χ2n) is 12.8. The van der Waals surface area contributed by atoms with Gasteiger partial charge in [-0.1, -0.05) is 13.2 Å². The highest BCUT2D eigenvalue weighted by Gasteiger charge is 2.51. The zero-order chi connectivity index (χ0) is 43.1. The van der Waals surface area contributed by atoms with E-state index in [9.17, 15) is 33.9 Å². The Morgan fingerprint density at radius 1 is 0.600 bits per heavy atom. The molecule has 2 aliphatic rings. The van der Waals surface area contributed by atoms with Crippen molar-refractivity contribution in [1.29, 1.82) is 0 Å². The van der Waals surface area contributed by atoms with Gasteiger partial charge in [-0.15, -0.1) is 0 Å². The van der Waals surface area contributed by atoms with Gasteiger partial charge in [-0.2, -0.15) is 0 Å². The average Bonchev–Trinajstić information content (AvgIpc) is 3.86. The summed E-state index contributed by atoms with van der Waals surface area (Å²) < 4.78 is 55.4. The predicted octanol–water partition coefficient (Wildman–Crippen LogP) is 5.14. The molecule has 2 aliphatic heterocycles. The van der Waals surface area contributed by atoms with Crippen molar-refractivity contribution < 1.29 is 81.2 Å². The highest BCUT2D eigenvalue weighted by molar-refractivity contribution is 5.95. The van der Waals surface area contributed by atoms with Crippen molar-refractivity contribution in [1.82, 2.24) is 0 Å².